The fourth-order valence-corrected chi connectivity index (χ4v) is 5.75. The normalized spacial score (nSPS) is 15.5. The average Bonchev–Trinajstić information content (AvgIpc) is 2.57. The molecular weight excluding hydrogens is 459 g/mol. The Morgan fingerprint density at radius 2 is 0.758 bits per heavy atom. The molecule has 0 heterocycles. The van der Waals surface area contributed by atoms with E-state index in [2.05, 4.69) is 121 Å². The van der Waals surface area contributed by atoms with Crippen LogP contribution in [0.4, 0.5) is 0 Å². The first-order valence-corrected chi connectivity index (χ1v) is 21.6. The molecule has 0 aromatic rings. The molecule has 0 unspecified atom stereocenters. The largest absolute Gasteiger partial charge is 0.416 e. The van der Waals surface area contributed by atoms with Gasteiger partial charge in [0.25, 0.3) is 0 Å². The molecule has 0 aliphatic heterocycles. The fraction of sp³-hybridized carbons (Fsp3) is 1.00. The van der Waals surface area contributed by atoms with Gasteiger partial charge < -0.3 is 18.2 Å². The molecule has 0 atom stereocenters. The molecule has 0 spiro atoms. The Hall–Kier alpha value is 0.491. The van der Waals surface area contributed by atoms with Crippen LogP contribution in [0.1, 0.15) is 68.7 Å². The van der Waals surface area contributed by atoms with Crippen LogP contribution in [0, 0.1) is 5.41 Å². The molecule has 200 valence electrons. The molecule has 0 rings (SSSR count). The Kier molecular flexibility index (Phi) is 11.4. The smallest absolute Gasteiger partial charge is 0.192 e. The zero-order valence-corrected chi connectivity index (χ0v) is 28.7. The first-order chi connectivity index (χ1) is 14.3. The van der Waals surface area contributed by atoms with Gasteiger partial charge in [0.1, 0.15) is 0 Å². The SMILES string of the molecule is CN(C)CCC(CO[Si](C)(C)C(C)(C)C)(CO[Si](C)(C)C(C)(C)C)CO[Si](C)(C)C(C)(C)C. The highest BCUT2D eigenvalue weighted by Gasteiger charge is 2.45. The lowest BCUT2D eigenvalue weighted by Crippen LogP contribution is -2.52. The molecule has 0 aliphatic rings. The summed E-state index contributed by atoms with van der Waals surface area (Å²) in [6, 6.07) is 0. The molecule has 0 aromatic carbocycles. The molecule has 33 heavy (non-hydrogen) atoms. The second kappa shape index (κ2) is 11.3. The Bertz CT molecular complexity index is 523. The fourth-order valence-electron chi connectivity index (χ4n) is 2.45. The minimum atomic E-state index is -1.90. The maximum Gasteiger partial charge on any atom is 0.192 e. The van der Waals surface area contributed by atoms with Gasteiger partial charge in [-0.3, -0.25) is 0 Å². The summed E-state index contributed by atoms with van der Waals surface area (Å²) < 4.78 is 20.7. The number of nitrogens with zero attached hydrogens (tertiary/aromatic N) is 1. The minimum Gasteiger partial charge on any atom is -0.416 e. The Morgan fingerprint density at radius 1 is 0.515 bits per heavy atom. The van der Waals surface area contributed by atoms with Gasteiger partial charge in [-0.2, -0.15) is 0 Å². The number of hydrogen-bond acceptors (Lipinski definition) is 4. The maximum atomic E-state index is 6.88. The zero-order chi connectivity index (χ0) is 26.7. The van der Waals surface area contributed by atoms with E-state index in [0.717, 1.165) is 13.0 Å². The van der Waals surface area contributed by atoms with Gasteiger partial charge in [-0.05, 0) is 81.5 Å². The summed E-state index contributed by atoms with van der Waals surface area (Å²) in [5.74, 6) is 0. The molecular formula is C26H61NO3Si3. The van der Waals surface area contributed by atoms with Crippen LogP contribution < -0.4 is 0 Å². The molecule has 4 nitrogen and oxygen atoms in total. The van der Waals surface area contributed by atoms with Crippen LogP contribution in [0.3, 0.4) is 0 Å². The molecule has 0 saturated heterocycles. The van der Waals surface area contributed by atoms with Gasteiger partial charge in [0.05, 0.1) is 0 Å². The van der Waals surface area contributed by atoms with E-state index in [4.69, 9.17) is 13.3 Å². The quantitative estimate of drug-likeness (QED) is 0.244. The van der Waals surface area contributed by atoms with Crippen LogP contribution in [0.2, 0.25) is 54.4 Å². The molecule has 0 saturated carbocycles. The van der Waals surface area contributed by atoms with Crippen molar-refractivity contribution in [2.45, 2.75) is 123 Å². The van der Waals surface area contributed by atoms with Gasteiger partial charge in [-0.15, -0.1) is 0 Å². The molecule has 0 radical (unpaired) electrons. The van der Waals surface area contributed by atoms with Crippen molar-refractivity contribution in [1.29, 1.82) is 0 Å². The van der Waals surface area contributed by atoms with Crippen molar-refractivity contribution < 1.29 is 13.3 Å². The van der Waals surface area contributed by atoms with Crippen molar-refractivity contribution in [2.75, 3.05) is 40.5 Å². The zero-order valence-electron chi connectivity index (χ0n) is 25.7. The Balaban J connectivity index is 6.13. The minimum absolute atomic E-state index is 0.148. The van der Waals surface area contributed by atoms with Crippen LogP contribution in [-0.2, 0) is 13.3 Å². The van der Waals surface area contributed by atoms with Gasteiger partial charge in [0.2, 0.25) is 0 Å². The highest BCUT2D eigenvalue weighted by atomic mass is 28.4. The van der Waals surface area contributed by atoms with E-state index in [9.17, 15) is 0 Å². The van der Waals surface area contributed by atoms with Crippen LogP contribution >= 0.6 is 0 Å². The van der Waals surface area contributed by atoms with Gasteiger partial charge in [-0.25, -0.2) is 0 Å². The van der Waals surface area contributed by atoms with Crippen molar-refractivity contribution >= 4 is 25.0 Å². The average molecular weight is 520 g/mol. The van der Waals surface area contributed by atoms with E-state index in [1.165, 1.54) is 0 Å². The van der Waals surface area contributed by atoms with Gasteiger partial charge in [0, 0.05) is 25.2 Å². The van der Waals surface area contributed by atoms with Gasteiger partial charge >= 0.3 is 0 Å². The molecule has 0 bridgehead atoms. The molecule has 0 fully saturated rings. The lowest BCUT2D eigenvalue weighted by atomic mass is 9.87. The summed E-state index contributed by atoms with van der Waals surface area (Å²) in [5, 5.41) is 0.544. The van der Waals surface area contributed by atoms with Crippen LogP contribution in [0.25, 0.3) is 0 Å². The molecule has 7 heteroatoms. The van der Waals surface area contributed by atoms with Crippen LogP contribution in [-0.4, -0.2) is 70.3 Å². The lowest BCUT2D eigenvalue weighted by molar-refractivity contribution is 0.00764. The van der Waals surface area contributed by atoms with E-state index in [1.807, 2.05) is 0 Å². The summed E-state index contributed by atoms with van der Waals surface area (Å²) in [7, 11) is -1.38. The first kappa shape index (κ1) is 33.5. The second-order valence-electron chi connectivity index (χ2n) is 15.2. The van der Waals surface area contributed by atoms with Crippen LogP contribution in [0.15, 0.2) is 0 Å². The standard InChI is InChI=1S/C26H61NO3Si3/c1-23(2,3)31(12,13)28-20-26(18-19-27(10)11,21-29-32(14,15)24(4,5)6)22-30-33(16,17)25(7,8)9/h18-22H2,1-17H3. The van der Waals surface area contributed by atoms with E-state index < -0.39 is 25.0 Å². The van der Waals surface area contributed by atoms with E-state index >= 15 is 0 Å². The van der Waals surface area contributed by atoms with Crippen molar-refractivity contribution in [3.05, 3.63) is 0 Å². The monoisotopic (exact) mass is 519 g/mol. The van der Waals surface area contributed by atoms with Crippen molar-refractivity contribution in [2.24, 2.45) is 5.41 Å². The topological polar surface area (TPSA) is 30.9 Å². The molecule has 0 aliphatic carbocycles. The summed E-state index contributed by atoms with van der Waals surface area (Å²) in [5.41, 5.74) is -0.148. The highest BCUT2D eigenvalue weighted by Crippen LogP contribution is 2.42. The number of hydrogen-bond donors (Lipinski definition) is 0. The third-order valence-electron chi connectivity index (χ3n) is 8.73. The van der Waals surface area contributed by atoms with Gasteiger partial charge in [-0.1, -0.05) is 62.3 Å². The summed E-state index contributed by atoms with van der Waals surface area (Å²) in [4.78, 5) is 2.28. The molecule has 0 aromatic heterocycles. The third kappa shape index (κ3) is 10.2. The van der Waals surface area contributed by atoms with Gasteiger partial charge in [0.15, 0.2) is 25.0 Å². The predicted molar refractivity (Wildman–Crippen MR) is 155 cm³/mol. The van der Waals surface area contributed by atoms with Crippen LogP contribution in [0.5, 0.6) is 0 Å². The van der Waals surface area contributed by atoms with E-state index in [0.29, 0.717) is 19.8 Å². The first-order valence-electron chi connectivity index (χ1n) is 12.9. The summed E-state index contributed by atoms with van der Waals surface area (Å²) in [6.45, 7) is 38.1. The molecule has 0 N–H and O–H groups in total. The predicted octanol–water partition coefficient (Wildman–Crippen LogP) is 7.99. The van der Waals surface area contributed by atoms with Crippen molar-refractivity contribution in [3.63, 3.8) is 0 Å². The number of rotatable bonds is 12. The lowest BCUT2D eigenvalue weighted by Gasteiger charge is -2.46. The Labute approximate surface area is 211 Å². The van der Waals surface area contributed by atoms with Crippen molar-refractivity contribution in [1.82, 2.24) is 4.90 Å². The summed E-state index contributed by atoms with van der Waals surface area (Å²) >= 11 is 0. The second-order valence-corrected chi connectivity index (χ2v) is 29.6. The van der Waals surface area contributed by atoms with E-state index in [-0.39, 0.29) is 20.5 Å². The summed E-state index contributed by atoms with van der Waals surface area (Å²) in [6.07, 6.45) is 1.01. The van der Waals surface area contributed by atoms with E-state index in [1.54, 1.807) is 0 Å². The van der Waals surface area contributed by atoms with Crippen molar-refractivity contribution in [3.8, 4) is 0 Å². The highest BCUT2D eigenvalue weighted by molar-refractivity contribution is 6.75. The molecule has 0 amide bonds. The third-order valence-corrected chi connectivity index (χ3v) is 22.2. The Morgan fingerprint density at radius 3 is 0.939 bits per heavy atom. The maximum absolute atomic E-state index is 6.88.